The number of carbonyl (C=O) groups is 4. The Morgan fingerprint density at radius 2 is 1.74 bits per heavy atom. The van der Waals surface area contributed by atoms with Crippen LogP contribution in [-0.4, -0.2) is 67.6 Å². The predicted molar refractivity (Wildman–Crippen MR) is 164 cm³/mol. The molecule has 0 spiro atoms. The van der Waals surface area contributed by atoms with E-state index in [1.165, 1.54) is 26.3 Å². The van der Waals surface area contributed by atoms with Gasteiger partial charge in [-0.15, -0.1) is 0 Å². The molecular weight excluding hydrogens is 612 g/mol. The molecule has 13 heteroatoms. The van der Waals surface area contributed by atoms with E-state index in [0.29, 0.717) is 11.5 Å². The number of hydrogen-bond donors (Lipinski definition) is 1. The van der Waals surface area contributed by atoms with Crippen LogP contribution in [0.3, 0.4) is 0 Å². The van der Waals surface area contributed by atoms with Gasteiger partial charge in [0.05, 0.1) is 13.0 Å². The van der Waals surface area contributed by atoms with Crippen LogP contribution in [-0.2, 0) is 41.6 Å². The Kier molecular flexibility index (Phi) is 10.4. The summed E-state index contributed by atoms with van der Waals surface area (Å²) in [5.74, 6) is -3.04. The van der Waals surface area contributed by atoms with Crippen LogP contribution < -0.4 is 24.3 Å². The highest BCUT2D eigenvalue weighted by Gasteiger charge is 2.42. The fourth-order valence-electron chi connectivity index (χ4n) is 5.06. The van der Waals surface area contributed by atoms with Gasteiger partial charge in [0, 0.05) is 12.3 Å². The van der Waals surface area contributed by atoms with Gasteiger partial charge in [0.25, 0.3) is 5.91 Å². The third-order valence-corrected chi connectivity index (χ3v) is 7.59. The highest BCUT2D eigenvalue weighted by atomic mass is 16.7. The quantitative estimate of drug-likeness (QED) is 0.253. The fourth-order valence-corrected chi connectivity index (χ4v) is 5.06. The second kappa shape index (κ2) is 14.8. The van der Waals surface area contributed by atoms with Gasteiger partial charge in [0.15, 0.2) is 40.8 Å². The lowest BCUT2D eigenvalue weighted by molar-refractivity contribution is -0.176. The van der Waals surface area contributed by atoms with Crippen LogP contribution >= 0.6 is 0 Å². The maximum atomic E-state index is 13.6. The highest BCUT2D eigenvalue weighted by Crippen LogP contribution is 2.34. The molecule has 248 valence electrons. The second-order valence-electron chi connectivity index (χ2n) is 11.3. The molecule has 1 N–H and O–H groups in total. The standard InChI is InChI=1S/C34H36N2O11/c1-19(2)32(38)47-29-20(3)46-34(40)24(17-43-33(39)23(29)14-21-8-6-5-7-9-21)36-31(37)28-30(26(41-4)12-13-35-28)42-16-22-10-11-25-27(15-22)45-18-44-25/h5-13,15,19-20,23-24,29H,14,16-18H2,1-4H3,(H,36,37)/t20-,23+,24?,29?/m0/s1. The molecule has 5 rings (SSSR count). The molecule has 1 amide bonds. The normalized spacial score (nSPS) is 20.6. The number of cyclic esters (lactones) is 2. The summed E-state index contributed by atoms with van der Waals surface area (Å²) in [6, 6.07) is 14.5. The molecule has 47 heavy (non-hydrogen) atoms. The minimum Gasteiger partial charge on any atom is -0.493 e. The Morgan fingerprint density at radius 3 is 2.49 bits per heavy atom. The Labute approximate surface area is 271 Å². The zero-order valence-electron chi connectivity index (χ0n) is 26.4. The number of fused-ring (bicyclic) bond motifs is 1. The van der Waals surface area contributed by atoms with E-state index in [0.717, 1.165) is 11.1 Å². The van der Waals surface area contributed by atoms with E-state index in [2.05, 4.69) is 10.3 Å². The van der Waals surface area contributed by atoms with E-state index in [1.807, 2.05) is 30.3 Å². The van der Waals surface area contributed by atoms with Crippen LogP contribution in [0, 0.1) is 11.8 Å². The van der Waals surface area contributed by atoms with Crippen molar-refractivity contribution in [1.82, 2.24) is 10.3 Å². The molecular formula is C34H36N2O11. The largest absolute Gasteiger partial charge is 0.493 e. The lowest BCUT2D eigenvalue weighted by atomic mass is 9.91. The van der Waals surface area contributed by atoms with E-state index in [9.17, 15) is 19.2 Å². The van der Waals surface area contributed by atoms with Crippen LogP contribution in [0.25, 0.3) is 0 Å². The zero-order valence-corrected chi connectivity index (χ0v) is 26.4. The number of pyridine rings is 1. The van der Waals surface area contributed by atoms with Gasteiger partial charge in [-0.1, -0.05) is 50.2 Å². The summed E-state index contributed by atoms with van der Waals surface area (Å²) in [7, 11) is 1.41. The third-order valence-electron chi connectivity index (χ3n) is 7.59. The van der Waals surface area contributed by atoms with Crippen molar-refractivity contribution in [3.05, 3.63) is 77.6 Å². The average Bonchev–Trinajstić information content (AvgIpc) is 3.55. The molecule has 2 aromatic carbocycles. The maximum Gasteiger partial charge on any atom is 0.332 e. The molecule has 0 bridgehead atoms. The molecule has 3 heterocycles. The lowest BCUT2D eigenvalue weighted by Gasteiger charge is -2.29. The van der Waals surface area contributed by atoms with Gasteiger partial charge in [-0.3, -0.25) is 14.4 Å². The molecule has 1 saturated heterocycles. The highest BCUT2D eigenvalue weighted by molar-refractivity contribution is 5.98. The van der Waals surface area contributed by atoms with Gasteiger partial charge in [0.2, 0.25) is 6.79 Å². The number of benzene rings is 2. The molecule has 0 aliphatic carbocycles. The Morgan fingerprint density at radius 1 is 0.979 bits per heavy atom. The number of ether oxygens (including phenoxy) is 7. The Hall–Kier alpha value is -5.33. The summed E-state index contributed by atoms with van der Waals surface area (Å²) in [4.78, 5) is 57.3. The van der Waals surface area contributed by atoms with E-state index >= 15 is 0 Å². The van der Waals surface area contributed by atoms with Crippen molar-refractivity contribution in [1.29, 1.82) is 0 Å². The third kappa shape index (κ3) is 7.91. The summed E-state index contributed by atoms with van der Waals surface area (Å²) in [5, 5.41) is 2.55. The smallest absolute Gasteiger partial charge is 0.332 e. The van der Waals surface area contributed by atoms with E-state index in [1.54, 1.807) is 32.0 Å². The Bertz CT molecular complexity index is 1610. The van der Waals surface area contributed by atoms with Crippen molar-refractivity contribution in [3.8, 4) is 23.0 Å². The summed E-state index contributed by atoms with van der Waals surface area (Å²) in [6.07, 6.45) is -0.689. The number of nitrogens with one attached hydrogen (secondary N) is 1. The topological polar surface area (TPSA) is 158 Å². The van der Waals surface area contributed by atoms with Crippen LogP contribution in [0.1, 0.15) is 42.4 Å². The van der Waals surface area contributed by atoms with Crippen LogP contribution in [0.5, 0.6) is 23.0 Å². The maximum absolute atomic E-state index is 13.6. The molecule has 13 nitrogen and oxygen atoms in total. The monoisotopic (exact) mass is 648 g/mol. The van der Waals surface area contributed by atoms with Gasteiger partial charge >= 0.3 is 17.9 Å². The zero-order chi connectivity index (χ0) is 33.5. The first kappa shape index (κ1) is 33.0. The number of rotatable bonds is 10. The number of carbonyl (C=O) groups excluding carboxylic acids is 4. The van der Waals surface area contributed by atoms with Gasteiger partial charge in [-0.2, -0.15) is 0 Å². The number of methoxy groups -OCH3 is 1. The van der Waals surface area contributed by atoms with E-state index < -0.39 is 60.5 Å². The van der Waals surface area contributed by atoms with Gasteiger partial charge in [-0.25, -0.2) is 9.78 Å². The Balaban J connectivity index is 1.35. The molecule has 0 saturated carbocycles. The van der Waals surface area contributed by atoms with Gasteiger partial charge in [-0.05, 0) is 36.6 Å². The van der Waals surface area contributed by atoms with Crippen molar-refractivity contribution >= 4 is 23.8 Å². The minimum absolute atomic E-state index is 0.0237. The number of hydrogen-bond acceptors (Lipinski definition) is 12. The first-order valence-corrected chi connectivity index (χ1v) is 15.1. The van der Waals surface area contributed by atoms with E-state index in [-0.39, 0.29) is 37.0 Å². The first-order valence-electron chi connectivity index (χ1n) is 15.1. The minimum atomic E-state index is -1.42. The van der Waals surface area contributed by atoms with Crippen molar-refractivity contribution in [2.75, 3.05) is 20.5 Å². The number of aromatic nitrogens is 1. The van der Waals surface area contributed by atoms with Crippen molar-refractivity contribution in [3.63, 3.8) is 0 Å². The molecule has 4 atom stereocenters. The number of amides is 1. The average molecular weight is 649 g/mol. The van der Waals surface area contributed by atoms with Crippen LogP contribution in [0.4, 0.5) is 0 Å². The first-order chi connectivity index (χ1) is 22.6. The molecule has 2 aliphatic heterocycles. The van der Waals surface area contributed by atoms with E-state index in [4.69, 9.17) is 33.2 Å². The van der Waals surface area contributed by atoms with Crippen molar-refractivity contribution in [2.24, 2.45) is 11.8 Å². The number of nitrogens with zero attached hydrogens (tertiary/aromatic N) is 1. The lowest BCUT2D eigenvalue weighted by Crippen LogP contribution is -2.47. The van der Waals surface area contributed by atoms with Gasteiger partial charge in [0.1, 0.15) is 25.2 Å². The van der Waals surface area contributed by atoms with Crippen LogP contribution in [0.2, 0.25) is 0 Å². The summed E-state index contributed by atoms with van der Waals surface area (Å²) >= 11 is 0. The van der Waals surface area contributed by atoms with Crippen LogP contribution in [0.15, 0.2) is 60.8 Å². The molecule has 2 unspecified atom stereocenters. The predicted octanol–water partition coefficient (Wildman–Crippen LogP) is 3.41. The number of esters is 3. The molecule has 3 aromatic rings. The summed E-state index contributed by atoms with van der Waals surface area (Å²) < 4.78 is 39.1. The van der Waals surface area contributed by atoms with Gasteiger partial charge < -0.3 is 38.5 Å². The molecule has 2 aliphatic rings. The summed E-state index contributed by atoms with van der Waals surface area (Å²) in [6.45, 7) is 4.45. The molecule has 1 aromatic heterocycles. The van der Waals surface area contributed by atoms with Crippen molar-refractivity contribution < 1.29 is 52.3 Å². The fraction of sp³-hybridized carbons (Fsp3) is 0.382. The SMILES string of the molecule is COc1ccnc(C(=O)NC2COC(=O)[C@H](Cc3ccccc3)C(OC(=O)C(C)C)[C@H](C)OC2=O)c1OCc1ccc2c(c1)OCO2. The van der Waals surface area contributed by atoms with Crippen molar-refractivity contribution in [2.45, 2.75) is 52.0 Å². The molecule has 1 fully saturated rings. The second-order valence-corrected chi connectivity index (χ2v) is 11.3. The molecule has 0 radical (unpaired) electrons. The summed E-state index contributed by atoms with van der Waals surface area (Å²) in [5.41, 5.74) is 1.34.